The summed E-state index contributed by atoms with van der Waals surface area (Å²) in [5, 5.41) is 43.6. The summed E-state index contributed by atoms with van der Waals surface area (Å²) in [7, 11) is 0. The van der Waals surface area contributed by atoms with Gasteiger partial charge in [-0.15, -0.1) is 11.6 Å². The molecule has 0 amide bonds. The van der Waals surface area contributed by atoms with Crippen LogP contribution in [-0.4, -0.2) is 72.8 Å². The van der Waals surface area contributed by atoms with Crippen LogP contribution in [0.5, 0.6) is 0 Å². The number of allylic oxidation sites excluding steroid dienone is 5. The number of rotatable bonds is 3. The molecule has 0 bridgehead atoms. The number of hydrogen-bond acceptors (Lipinski definition) is 8. The Labute approximate surface area is 319 Å². The molecule has 0 unspecified atom stereocenters. The minimum Gasteiger partial charge on any atom is -0.393 e. The van der Waals surface area contributed by atoms with Crippen molar-refractivity contribution in [2.24, 2.45) is 69.0 Å². The van der Waals surface area contributed by atoms with Crippen LogP contribution in [0.15, 0.2) is 35.5 Å². The van der Waals surface area contributed by atoms with E-state index in [1.54, 1.807) is 13.0 Å². The maximum absolute atomic E-state index is 12.6. The van der Waals surface area contributed by atoms with Crippen molar-refractivity contribution in [2.75, 3.05) is 6.61 Å². The number of alkyl halides is 1. The fraction of sp³-hybridized carbons (Fsp3) is 0.773. The van der Waals surface area contributed by atoms with Gasteiger partial charge in [0.25, 0.3) is 0 Å². The minimum absolute atomic E-state index is 0.0474. The van der Waals surface area contributed by atoms with Crippen LogP contribution in [0, 0.1) is 69.0 Å². The van der Waals surface area contributed by atoms with Gasteiger partial charge < -0.3 is 20.4 Å². The zero-order valence-electron chi connectivity index (χ0n) is 32.7. The highest BCUT2D eigenvalue weighted by Crippen LogP contribution is 2.72. The highest BCUT2D eigenvalue weighted by atomic mass is 35.5. The number of aliphatic hydroxyl groups is 4. The van der Waals surface area contributed by atoms with Crippen LogP contribution in [0.2, 0.25) is 0 Å². The molecule has 0 radical (unpaired) electrons. The first-order valence-electron chi connectivity index (χ1n) is 20.3. The lowest BCUT2D eigenvalue weighted by atomic mass is 9.44. The number of carbonyl (C=O) groups excluding carboxylic acids is 4. The van der Waals surface area contributed by atoms with E-state index in [0.717, 1.165) is 37.7 Å². The van der Waals surface area contributed by atoms with Gasteiger partial charge in [0, 0.05) is 23.2 Å². The van der Waals surface area contributed by atoms with Crippen LogP contribution >= 0.6 is 11.6 Å². The third-order valence-corrected chi connectivity index (χ3v) is 18.4. The number of ketones is 4. The molecule has 6 fully saturated rings. The third kappa shape index (κ3) is 5.13. The second-order valence-electron chi connectivity index (χ2n) is 19.7. The molecule has 0 saturated heterocycles. The summed E-state index contributed by atoms with van der Waals surface area (Å²) in [6, 6.07) is 0. The number of Topliss-reactive ketones (excluding diaryl/α,β-unsaturated/α-hetero) is 2. The van der Waals surface area contributed by atoms with E-state index in [-0.39, 0.29) is 64.5 Å². The molecule has 6 saturated carbocycles. The highest BCUT2D eigenvalue weighted by Gasteiger charge is 2.74. The first kappa shape index (κ1) is 39.3. The van der Waals surface area contributed by atoms with Gasteiger partial charge in [0.2, 0.25) is 0 Å². The summed E-state index contributed by atoms with van der Waals surface area (Å²) < 4.78 is 0. The van der Waals surface area contributed by atoms with E-state index in [9.17, 15) is 39.6 Å². The van der Waals surface area contributed by atoms with Crippen molar-refractivity contribution >= 4 is 34.7 Å². The summed E-state index contributed by atoms with van der Waals surface area (Å²) in [6.45, 7) is 13.5. The maximum atomic E-state index is 12.6. The zero-order valence-corrected chi connectivity index (χ0v) is 33.4. The molecule has 0 aliphatic heterocycles. The molecular formula is C44H61ClO8. The van der Waals surface area contributed by atoms with Crippen LogP contribution in [-0.2, 0) is 19.2 Å². The molecule has 8 aliphatic carbocycles. The first-order valence-corrected chi connectivity index (χ1v) is 20.6. The van der Waals surface area contributed by atoms with Crippen molar-refractivity contribution in [1.29, 1.82) is 0 Å². The SMILES string of the molecule is CC(=O)[C@H]1CC[C@H]2[C@@H]3C[C@H](C)C4=CC(=O)CC[C@]4(C)[C@H]3[C@@H](O)C[C@]12C.C[C@H]1C[C@H]2[C@@H]3CCC4=CC(=O)C=C[C@]4(C)[C@@]3(Cl)[C@@H](O)C[C@]2(C)[C@@]1(O)C(=O)CO. The predicted octanol–water partition coefficient (Wildman–Crippen LogP) is 6.11. The lowest BCUT2D eigenvalue weighted by molar-refractivity contribution is -0.179. The average molecular weight is 753 g/mol. The van der Waals surface area contributed by atoms with Gasteiger partial charge in [-0.05, 0) is 135 Å². The molecule has 0 heterocycles. The lowest BCUT2D eigenvalue weighted by Crippen LogP contribution is -2.69. The smallest absolute Gasteiger partial charge is 0.190 e. The van der Waals surface area contributed by atoms with Crippen LogP contribution in [0.1, 0.15) is 113 Å². The molecule has 16 atom stereocenters. The van der Waals surface area contributed by atoms with Crippen molar-refractivity contribution in [1.82, 2.24) is 0 Å². The topological polar surface area (TPSA) is 149 Å². The van der Waals surface area contributed by atoms with Crippen LogP contribution < -0.4 is 0 Å². The highest BCUT2D eigenvalue weighted by molar-refractivity contribution is 6.26. The van der Waals surface area contributed by atoms with Crippen LogP contribution in [0.3, 0.4) is 0 Å². The number of fused-ring (bicyclic) bond motifs is 10. The molecule has 292 valence electrons. The van der Waals surface area contributed by atoms with Crippen LogP contribution in [0.25, 0.3) is 0 Å². The first-order chi connectivity index (χ1) is 24.6. The second-order valence-corrected chi connectivity index (χ2v) is 20.3. The van der Waals surface area contributed by atoms with Gasteiger partial charge >= 0.3 is 0 Å². The summed E-state index contributed by atoms with van der Waals surface area (Å²) in [4.78, 5) is 47.8. The van der Waals surface area contributed by atoms with E-state index in [4.69, 9.17) is 11.6 Å². The maximum Gasteiger partial charge on any atom is 0.190 e. The standard InChI is InChI=1S/C22H29ClO5.C22H32O3/c1-12-8-16-15-5-4-13-9-14(25)6-7-19(13,2)21(15,23)17(26)10-20(16,3)22(12,28)18(27)11-24;1-12-9-15-17-6-5-16(13(2)23)22(17,4)11-19(25)20(15)21(3)8-7-14(24)10-18(12)21/h6-7,9,12,15-17,24,26,28H,4-5,8,10-11H2,1-3H3;10,12,15-17,19-20,25H,5-9,11H2,1-4H3/t12-,15-,16-,17-,19-,20-,21-,22-;12-,15-,16+,17-,19-,20+,21-,22+/m00/s1. The van der Waals surface area contributed by atoms with E-state index in [1.807, 2.05) is 32.9 Å². The fourth-order valence-electron chi connectivity index (χ4n) is 15.0. The Hall–Kier alpha value is -1.97. The molecule has 8 nitrogen and oxygen atoms in total. The third-order valence-electron chi connectivity index (χ3n) is 17.5. The van der Waals surface area contributed by atoms with E-state index < -0.39 is 39.8 Å². The van der Waals surface area contributed by atoms with Gasteiger partial charge in [0.05, 0.1) is 17.1 Å². The molecule has 0 aromatic heterocycles. The van der Waals surface area contributed by atoms with E-state index >= 15 is 0 Å². The van der Waals surface area contributed by atoms with Gasteiger partial charge in [-0.25, -0.2) is 0 Å². The molecule has 0 aromatic carbocycles. The Kier molecular flexibility index (Phi) is 9.47. The van der Waals surface area contributed by atoms with Gasteiger partial charge in [0.1, 0.15) is 18.0 Å². The van der Waals surface area contributed by atoms with Crippen molar-refractivity contribution in [3.05, 3.63) is 35.5 Å². The van der Waals surface area contributed by atoms with Gasteiger partial charge in [-0.2, -0.15) is 0 Å². The van der Waals surface area contributed by atoms with E-state index in [2.05, 4.69) is 20.8 Å². The number of aliphatic hydroxyl groups excluding tert-OH is 3. The minimum atomic E-state index is -1.68. The molecule has 9 heteroatoms. The normalized spacial score (nSPS) is 52.3. The Morgan fingerprint density at radius 1 is 0.925 bits per heavy atom. The van der Waals surface area contributed by atoms with Crippen molar-refractivity contribution in [3.8, 4) is 0 Å². The van der Waals surface area contributed by atoms with E-state index in [0.29, 0.717) is 49.2 Å². The Morgan fingerprint density at radius 3 is 2.28 bits per heavy atom. The molecule has 0 aromatic rings. The number of carbonyl (C=O) groups is 4. The number of hydrogen-bond donors (Lipinski definition) is 4. The molecule has 53 heavy (non-hydrogen) atoms. The van der Waals surface area contributed by atoms with Gasteiger partial charge in [0.15, 0.2) is 17.3 Å². The molecule has 8 rings (SSSR count). The molecule has 4 N–H and O–H groups in total. The Balaban J connectivity index is 0.000000165. The largest absolute Gasteiger partial charge is 0.393 e. The second kappa shape index (κ2) is 12.8. The lowest BCUT2D eigenvalue weighted by Gasteiger charge is -2.63. The van der Waals surface area contributed by atoms with Crippen molar-refractivity contribution in [2.45, 2.75) is 135 Å². The predicted molar refractivity (Wildman–Crippen MR) is 202 cm³/mol. The Bertz CT molecular complexity index is 1700. The monoisotopic (exact) mass is 752 g/mol. The fourth-order valence-corrected chi connectivity index (χ4v) is 15.6. The molecule has 8 aliphatic rings. The van der Waals surface area contributed by atoms with Crippen molar-refractivity contribution < 1.29 is 39.6 Å². The van der Waals surface area contributed by atoms with Gasteiger partial charge in [-0.3, -0.25) is 19.2 Å². The quantitative estimate of drug-likeness (QED) is 0.253. The molecular weight excluding hydrogens is 692 g/mol. The summed E-state index contributed by atoms with van der Waals surface area (Å²) in [5.74, 6) is 1.18. The Morgan fingerprint density at radius 2 is 1.62 bits per heavy atom. The number of halogens is 1. The van der Waals surface area contributed by atoms with Gasteiger partial charge in [-0.1, -0.05) is 58.8 Å². The van der Waals surface area contributed by atoms with Crippen molar-refractivity contribution in [3.63, 3.8) is 0 Å². The summed E-state index contributed by atoms with van der Waals surface area (Å²) >= 11 is 7.30. The summed E-state index contributed by atoms with van der Waals surface area (Å²) in [6.07, 6.45) is 13.2. The molecule has 0 spiro atoms. The van der Waals surface area contributed by atoms with E-state index in [1.165, 1.54) is 11.6 Å². The summed E-state index contributed by atoms with van der Waals surface area (Å²) in [5.41, 5.74) is -1.06. The zero-order chi connectivity index (χ0) is 38.8. The average Bonchev–Trinajstić information content (AvgIpc) is 3.53. The van der Waals surface area contributed by atoms with Crippen LogP contribution in [0.4, 0.5) is 0 Å².